The number of hydrogen-bond donors (Lipinski definition) is 1. The van der Waals surface area contributed by atoms with Crippen LogP contribution < -0.4 is 10.1 Å². The standard InChI is InChI=1S/C18H11ClFN5O2/c19-13-5-7-25-16(13)18(22-10-23-25)27-15-4-3-12(8-14(15)20)24-17(26)11-2-1-6-21-9-11/h1-10H,(H,24,26). The molecule has 9 heteroatoms. The van der Waals surface area contributed by atoms with E-state index in [9.17, 15) is 9.18 Å². The van der Waals surface area contributed by atoms with E-state index in [1.54, 1.807) is 30.6 Å². The fourth-order valence-electron chi connectivity index (χ4n) is 2.43. The highest BCUT2D eigenvalue weighted by Gasteiger charge is 2.14. The van der Waals surface area contributed by atoms with Crippen LogP contribution in [0, 0.1) is 5.82 Å². The van der Waals surface area contributed by atoms with E-state index < -0.39 is 11.7 Å². The molecule has 0 radical (unpaired) electrons. The Morgan fingerprint density at radius 2 is 2.15 bits per heavy atom. The zero-order chi connectivity index (χ0) is 18.8. The molecule has 1 aromatic carbocycles. The zero-order valence-corrected chi connectivity index (χ0v) is 14.4. The summed E-state index contributed by atoms with van der Waals surface area (Å²) in [5.41, 5.74) is 1.07. The van der Waals surface area contributed by atoms with Crippen molar-refractivity contribution in [1.29, 1.82) is 0 Å². The maximum absolute atomic E-state index is 14.4. The van der Waals surface area contributed by atoms with Gasteiger partial charge in [-0.15, -0.1) is 0 Å². The quantitative estimate of drug-likeness (QED) is 0.576. The van der Waals surface area contributed by atoms with Gasteiger partial charge in [0.05, 0.1) is 10.6 Å². The Labute approximate surface area is 157 Å². The SMILES string of the molecule is O=C(Nc1ccc(Oc2ncnn3ccc(Cl)c23)c(F)c1)c1cccnc1. The van der Waals surface area contributed by atoms with Crippen molar-refractivity contribution in [3.8, 4) is 11.6 Å². The van der Waals surface area contributed by atoms with Crippen molar-refractivity contribution in [2.75, 3.05) is 5.32 Å². The van der Waals surface area contributed by atoms with E-state index in [0.717, 1.165) is 6.07 Å². The number of pyridine rings is 1. The molecule has 0 aliphatic heterocycles. The summed E-state index contributed by atoms with van der Waals surface area (Å²) in [4.78, 5) is 20.0. The third kappa shape index (κ3) is 3.42. The number of ether oxygens (including phenoxy) is 1. The number of fused-ring (bicyclic) bond motifs is 1. The van der Waals surface area contributed by atoms with E-state index >= 15 is 0 Å². The lowest BCUT2D eigenvalue weighted by Gasteiger charge is -2.10. The molecule has 0 bridgehead atoms. The molecule has 7 nitrogen and oxygen atoms in total. The van der Waals surface area contributed by atoms with Gasteiger partial charge in [-0.25, -0.2) is 8.91 Å². The highest BCUT2D eigenvalue weighted by molar-refractivity contribution is 6.34. The van der Waals surface area contributed by atoms with E-state index in [1.807, 2.05) is 0 Å². The lowest BCUT2D eigenvalue weighted by molar-refractivity contribution is 0.102. The van der Waals surface area contributed by atoms with Crippen LogP contribution in [0.2, 0.25) is 5.02 Å². The van der Waals surface area contributed by atoms with Crippen molar-refractivity contribution in [3.63, 3.8) is 0 Å². The molecule has 0 aliphatic carbocycles. The number of carbonyl (C=O) groups is 1. The molecule has 0 spiro atoms. The summed E-state index contributed by atoms with van der Waals surface area (Å²) in [5, 5.41) is 6.98. The predicted octanol–water partition coefficient (Wildman–Crippen LogP) is 3.96. The number of nitrogens with zero attached hydrogens (tertiary/aromatic N) is 4. The van der Waals surface area contributed by atoms with Gasteiger partial charge < -0.3 is 10.1 Å². The number of anilines is 1. The van der Waals surface area contributed by atoms with E-state index in [4.69, 9.17) is 16.3 Å². The molecule has 0 saturated heterocycles. The average Bonchev–Trinajstić information content (AvgIpc) is 3.07. The van der Waals surface area contributed by atoms with Crippen LogP contribution in [0.5, 0.6) is 11.6 Å². The Morgan fingerprint density at radius 1 is 1.26 bits per heavy atom. The van der Waals surface area contributed by atoms with Gasteiger partial charge in [0.25, 0.3) is 5.91 Å². The van der Waals surface area contributed by atoms with E-state index in [2.05, 4.69) is 20.4 Å². The molecule has 27 heavy (non-hydrogen) atoms. The number of hydrogen-bond acceptors (Lipinski definition) is 5. The lowest BCUT2D eigenvalue weighted by Crippen LogP contribution is -2.12. The van der Waals surface area contributed by atoms with Crippen LogP contribution in [0.3, 0.4) is 0 Å². The zero-order valence-electron chi connectivity index (χ0n) is 13.6. The van der Waals surface area contributed by atoms with Gasteiger partial charge in [-0.05, 0) is 30.3 Å². The van der Waals surface area contributed by atoms with Gasteiger partial charge in [0.2, 0.25) is 5.88 Å². The highest BCUT2D eigenvalue weighted by atomic mass is 35.5. The van der Waals surface area contributed by atoms with Crippen LogP contribution in [-0.4, -0.2) is 25.5 Å². The summed E-state index contributed by atoms with van der Waals surface area (Å²) in [7, 11) is 0. The van der Waals surface area contributed by atoms with Crippen molar-refractivity contribution in [2.45, 2.75) is 0 Å². The van der Waals surface area contributed by atoms with Crippen LogP contribution in [0.4, 0.5) is 10.1 Å². The summed E-state index contributed by atoms with van der Waals surface area (Å²) >= 11 is 6.10. The van der Waals surface area contributed by atoms with Gasteiger partial charge in [-0.2, -0.15) is 10.1 Å². The minimum Gasteiger partial charge on any atom is -0.434 e. The number of halogens is 2. The summed E-state index contributed by atoms with van der Waals surface area (Å²) in [6.45, 7) is 0. The van der Waals surface area contributed by atoms with E-state index in [1.165, 1.54) is 29.2 Å². The summed E-state index contributed by atoms with van der Waals surface area (Å²) in [6, 6.07) is 8.95. The first-order chi connectivity index (χ1) is 13.1. The number of nitrogens with one attached hydrogen (secondary N) is 1. The molecular formula is C18H11ClFN5O2. The number of rotatable bonds is 4. The molecule has 1 N–H and O–H groups in total. The summed E-state index contributed by atoms with van der Waals surface area (Å²) in [6.07, 6.45) is 5.90. The molecule has 4 rings (SSSR count). The molecule has 1 amide bonds. The first-order valence-electron chi connectivity index (χ1n) is 7.78. The highest BCUT2D eigenvalue weighted by Crippen LogP contribution is 2.31. The maximum atomic E-state index is 14.4. The first kappa shape index (κ1) is 16.9. The van der Waals surface area contributed by atoms with Crippen LogP contribution in [0.25, 0.3) is 5.52 Å². The monoisotopic (exact) mass is 383 g/mol. The largest absolute Gasteiger partial charge is 0.434 e. The smallest absolute Gasteiger partial charge is 0.257 e. The number of benzene rings is 1. The van der Waals surface area contributed by atoms with Crippen molar-refractivity contribution in [3.05, 3.63) is 77.7 Å². The predicted molar refractivity (Wildman–Crippen MR) is 96.7 cm³/mol. The Kier molecular flexibility index (Phi) is 4.39. The van der Waals surface area contributed by atoms with Crippen molar-refractivity contribution in [1.82, 2.24) is 19.6 Å². The maximum Gasteiger partial charge on any atom is 0.257 e. The van der Waals surface area contributed by atoms with Crippen LogP contribution >= 0.6 is 11.6 Å². The molecule has 134 valence electrons. The molecule has 3 aromatic heterocycles. The van der Waals surface area contributed by atoms with Gasteiger partial charge in [-0.3, -0.25) is 9.78 Å². The molecule has 3 heterocycles. The normalized spacial score (nSPS) is 10.7. The van der Waals surface area contributed by atoms with Gasteiger partial charge in [0.15, 0.2) is 11.6 Å². The number of carbonyl (C=O) groups excluding carboxylic acids is 1. The molecule has 0 unspecified atom stereocenters. The molecule has 0 aliphatic rings. The topological polar surface area (TPSA) is 81.4 Å². The van der Waals surface area contributed by atoms with Gasteiger partial charge in [0, 0.05) is 30.3 Å². The molecule has 0 saturated carbocycles. The second-order valence-corrected chi connectivity index (χ2v) is 5.87. The first-order valence-corrected chi connectivity index (χ1v) is 8.16. The fraction of sp³-hybridized carbons (Fsp3) is 0. The summed E-state index contributed by atoms with van der Waals surface area (Å²) in [5.74, 6) is -1.01. The van der Waals surface area contributed by atoms with Gasteiger partial charge in [-0.1, -0.05) is 11.6 Å². The Bertz CT molecular complexity index is 1130. The van der Waals surface area contributed by atoms with E-state index in [0.29, 0.717) is 16.1 Å². The van der Waals surface area contributed by atoms with Gasteiger partial charge in [0.1, 0.15) is 11.8 Å². The minimum absolute atomic E-state index is 0.0627. The number of aromatic nitrogens is 4. The molecule has 4 aromatic rings. The lowest BCUT2D eigenvalue weighted by atomic mass is 10.2. The second-order valence-electron chi connectivity index (χ2n) is 5.47. The third-order valence-corrected chi connectivity index (χ3v) is 4.00. The fourth-order valence-corrected chi connectivity index (χ4v) is 2.65. The molecule has 0 atom stereocenters. The third-order valence-electron chi connectivity index (χ3n) is 3.69. The van der Waals surface area contributed by atoms with Crippen LogP contribution in [0.15, 0.2) is 61.3 Å². The number of amides is 1. The van der Waals surface area contributed by atoms with Crippen LogP contribution in [-0.2, 0) is 0 Å². The molecule has 0 fully saturated rings. The van der Waals surface area contributed by atoms with Crippen molar-refractivity contribution >= 4 is 28.7 Å². The minimum atomic E-state index is -0.668. The molecular weight excluding hydrogens is 373 g/mol. The Morgan fingerprint density at radius 3 is 2.93 bits per heavy atom. The Hall–Kier alpha value is -3.52. The van der Waals surface area contributed by atoms with Gasteiger partial charge >= 0.3 is 0 Å². The van der Waals surface area contributed by atoms with E-state index in [-0.39, 0.29) is 17.3 Å². The second kappa shape index (κ2) is 7.00. The Balaban J connectivity index is 1.57. The average molecular weight is 384 g/mol. The van der Waals surface area contributed by atoms with Crippen molar-refractivity contribution in [2.24, 2.45) is 0 Å². The van der Waals surface area contributed by atoms with Crippen molar-refractivity contribution < 1.29 is 13.9 Å². The summed E-state index contributed by atoms with van der Waals surface area (Å²) < 4.78 is 21.5. The van der Waals surface area contributed by atoms with Crippen LogP contribution in [0.1, 0.15) is 10.4 Å².